The smallest absolute Gasteiger partial charge is 0.313 e. The highest BCUT2D eigenvalue weighted by Gasteiger charge is 2.46. The van der Waals surface area contributed by atoms with Gasteiger partial charge in [-0.1, -0.05) is 130 Å². The molecule has 0 amide bonds. The fourth-order valence-electron chi connectivity index (χ4n) is 8.58. The van der Waals surface area contributed by atoms with E-state index in [1.165, 1.54) is 0 Å². The second kappa shape index (κ2) is 37.9. The lowest BCUT2D eigenvalue weighted by molar-refractivity contribution is -0.172. The molecule has 0 radical (unpaired) electrons. The summed E-state index contributed by atoms with van der Waals surface area (Å²) in [6, 6.07) is 0. The highest BCUT2D eigenvalue weighted by atomic mass is 16.6. The number of nitrogens with zero attached hydrogens (tertiary/aromatic N) is 1. The van der Waals surface area contributed by atoms with Crippen LogP contribution in [0.25, 0.3) is 0 Å². The van der Waals surface area contributed by atoms with Gasteiger partial charge in [-0.25, -0.2) is 0 Å². The van der Waals surface area contributed by atoms with Crippen LogP contribution in [0.1, 0.15) is 208 Å². The fraction of sp³-hybridized carbons (Fsp3) is 0.870. The number of hydrogen-bond acceptors (Lipinski definition) is 16. The van der Waals surface area contributed by atoms with Crippen molar-refractivity contribution in [2.45, 2.75) is 226 Å². The van der Waals surface area contributed by atoms with Gasteiger partial charge in [-0.2, -0.15) is 0 Å². The SMILES string of the molecule is CCCCCCCC(=O)OCC(COC(=O)CCCCCCC)CC(=O)O[C@@H]1[C@@H](OC(=O)CC(COC(=O)CCCCCCC)COC(=O)CCCCCCC)CO[C@@H]1COC(=O)C1(C)CCN(C)C1. The zero-order valence-corrected chi connectivity index (χ0v) is 44.2. The molecule has 2 saturated heterocycles. The maximum absolute atomic E-state index is 13.9. The van der Waals surface area contributed by atoms with Gasteiger partial charge in [0.25, 0.3) is 0 Å². The molecule has 16 heteroatoms. The number of carbonyl (C=O) groups excluding carboxylic acids is 7. The van der Waals surface area contributed by atoms with E-state index in [9.17, 15) is 33.6 Å². The third-order valence-corrected chi connectivity index (χ3v) is 13.1. The Balaban J connectivity index is 2.22. The lowest BCUT2D eigenvalue weighted by Gasteiger charge is -2.26. The van der Waals surface area contributed by atoms with Crippen molar-refractivity contribution in [2.24, 2.45) is 17.3 Å². The van der Waals surface area contributed by atoms with Gasteiger partial charge in [-0.3, -0.25) is 33.6 Å². The predicted molar refractivity (Wildman–Crippen MR) is 264 cm³/mol. The molecule has 70 heavy (non-hydrogen) atoms. The molecule has 0 N–H and O–H groups in total. The van der Waals surface area contributed by atoms with E-state index >= 15 is 0 Å². The Morgan fingerprint density at radius 3 is 1.24 bits per heavy atom. The molecule has 0 spiro atoms. The highest BCUT2D eigenvalue weighted by molar-refractivity contribution is 5.77. The van der Waals surface area contributed by atoms with Gasteiger partial charge in [0.05, 0.1) is 51.3 Å². The van der Waals surface area contributed by atoms with Crippen molar-refractivity contribution >= 4 is 41.8 Å². The van der Waals surface area contributed by atoms with Crippen molar-refractivity contribution in [1.82, 2.24) is 4.90 Å². The lowest BCUT2D eigenvalue weighted by atomic mass is 9.90. The van der Waals surface area contributed by atoms with Crippen molar-refractivity contribution < 1.29 is 71.5 Å². The zero-order valence-electron chi connectivity index (χ0n) is 44.2. The summed E-state index contributed by atoms with van der Waals surface area (Å²) in [5.74, 6) is -5.01. The Bertz CT molecular complexity index is 1450. The van der Waals surface area contributed by atoms with E-state index in [-0.39, 0.29) is 78.2 Å². The first-order valence-electron chi connectivity index (χ1n) is 27.2. The fourth-order valence-corrected chi connectivity index (χ4v) is 8.58. The normalized spacial score (nSPS) is 19.0. The molecule has 4 atom stereocenters. The van der Waals surface area contributed by atoms with Gasteiger partial charge in [0.1, 0.15) is 12.7 Å². The molecule has 0 aliphatic carbocycles. The van der Waals surface area contributed by atoms with Gasteiger partial charge in [-0.15, -0.1) is 0 Å². The van der Waals surface area contributed by atoms with E-state index in [2.05, 4.69) is 27.7 Å². The quantitative estimate of drug-likeness (QED) is 0.0318. The van der Waals surface area contributed by atoms with Crippen LogP contribution in [0.3, 0.4) is 0 Å². The standard InChI is InChI=1S/C54H93NO15/c1-7-11-15-19-23-27-46(56)64-35-42(36-65-47(57)28-24-20-16-12-8-2)33-50(60)69-45-40-63-44(39-68-53(62)54(5)31-32-55(6)41-54)52(45)70-51(61)34-43(37-66-48(58)29-25-21-17-13-9-3)38-67-49(59)30-26-22-18-14-10-4/h42-45,52H,7-41H2,1-6H3/t44-,45+,52+,54?/m1/s1. The van der Waals surface area contributed by atoms with Crippen LogP contribution in [0.2, 0.25) is 0 Å². The molecule has 0 aromatic carbocycles. The highest BCUT2D eigenvalue weighted by Crippen LogP contribution is 2.31. The lowest BCUT2D eigenvalue weighted by Crippen LogP contribution is -2.42. The van der Waals surface area contributed by atoms with Crippen LogP contribution in [-0.4, -0.2) is 125 Å². The third kappa shape index (κ3) is 28.3. The minimum atomic E-state index is -1.21. The summed E-state index contributed by atoms with van der Waals surface area (Å²) in [6.45, 7) is 10.3. The number of ether oxygens (including phenoxy) is 8. The minimum absolute atomic E-state index is 0.174. The average molecular weight is 996 g/mol. The summed E-state index contributed by atoms with van der Waals surface area (Å²) in [4.78, 5) is 93.9. The first-order valence-corrected chi connectivity index (χ1v) is 27.2. The van der Waals surface area contributed by atoms with Crippen LogP contribution in [-0.2, 0) is 71.5 Å². The zero-order chi connectivity index (χ0) is 51.4. The molecule has 2 aliphatic heterocycles. The van der Waals surface area contributed by atoms with E-state index in [0.29, 0.717) is 38.6 Å². The van der Waals surface area contributed by atoms with Crippen LogP contribution < -0.4 is 0 Å². The largest absolute Gasteiger partial charge is 0.465 e. The molecule has 16 nitrogen and oxygen atoms in total. The van der Waals surface area contributed by atoms with Gasteiger partial charge in [0.2, 0.25) is 0 Å². The summed E-state index contributed by atoms with van der Waals surface area (Å²) in [6.07, 6.45) is 16.7. The van der Waals surface area contributed by atoms with Crippen molar-refractivity contribution in [3.8, 4) is 0 Å². The summed E-state index contributed by atoms with van der Waals surface area (Å²) >= 11 is 0. The summed E-state index contributed by atoms with van der Waals surface area (Å²) < 4.78 is 46.0. The van der Waals surface area contributed by atoms with Gasteiger partial charge < -0.3 is 42.8 Å². The molecule has 2 rings (SSSR count). The molecular formula is C54H93NO15. The Labute approximate surface area is 420 Å². The van der Waals surface area contributed by atoms with Crippen LogP contribution >= 0.6 is 0 Å². The first-order chi connectivity index (χ1) is 33.7. The van der Waals surface area contributed by atoms with Crippen LogP contribution in [0.4, 0.5) is 0 Å². The van der Waals surface area contributed by atoms with Crippen molar-refractivity contribution in [2.75, 3.05) is 59.8 Å². The van der Waals surface area contributed by atoms with E-state index in [0.717, 1.165) is 109 Å². The molecule has 404 valence electrons. The van der Waals surface area contributed by atoms with E-state index in [4.69, 9.17) is 37.9 Å². The Kier molecular flexibility index (Phi) is 33.8. The average Bonchev–Trinajstić information content (AvgIpc) is 3.89. The Hall–Kier alpha value is -3.79. The molecule has 2 heterocycles. The van der Waals surface area contributed by atoms with Gasteiger partial charge in [0, 0.05) is 44.1 Å². The third-order valence-electron chi connectivity index (χ3n) is 13.1. The summed E-state index contributed by atoms with van der Waals surface area (Å²) in [5, 5.41) is 0. The maximum Gasteiger partial charge on any atom is 0.313 e. The number of rotatable bonds is 41. The molecule has 1 unspecified atom stereocenters. The number of likely N-dealkylation sites (tertiary alicyclic amines) is 1. The number of hydrogen-bond donors (Lipinski definition) is 0. The molecule has 0 saturated carbocycles. The van der Waals surface area contributed by atoms with E-state index in [1.807, 2.05) is 18.9 Å². The van der Waals surface area contributed by atoms with Crippen molar-refractivity contribution in [1.29, 1.82) is 0 Å². The van der Waals surface area contributed by atoms with Crippen LogP contribution in [0.15, 0.2) is 0 Å². The first kappa shape index (κ1) is 62.3. The van der Waals surface area contributed by atoms with Crippen molar-refractivity contribution in [3.63, 3.8) is 0 Å². The van der Waals surface area contributed by atoms with E-state index < -0.39 is 77.3 Å². The number of esters is 7. The Morgan fingerprint density at radius 1 is 0.514 bits per heavy atom. The second-order valence-electron chi connectivity index (χ2n) is 20.0. The predicted octanol–water partition coefficient (Wildman–Crippen LogP) is 9.72. The number of carbonyl (C=O) groups is 7. The molecule has 2 fully saturated rings. The molecule has 0 aromatic heterocycles. The summed E-state index contributed by atoms with van der Waals surface area (Å²) in [7, 11) is 1.93. The van der Waals surface area contributed by atoms with Gasteiger partial charge in [-0.05, 0) is 52.6 Å². The summed E-state index contributed by atoms with van der Waals surface area (Å²) in [5.41, 5.74) is -0.746. The molecule has 2 aliphatic rings. The van der Waals surface area contributed by atoms with Crippen molar-refractivity contribution in [3.05, 3.63) is 0 Å². The maximum atomic E-state index is 13.9. The molecule has 0 bridgehead atoms. The van der Waals surface area contributed by atoms with Gasteiger partial charge >= 0.3 is 41.8 Å². The Morgan fingerprint density at radius 2 is 0.886 bits per heavy atom. The van der Waals surface area contributed by atoms with Gasteiger partial charge in [0.15, 0.2) is 12.2 Å². The monoisotopic (exact) mass is 996 g/mol. The topological polar surface area (TPSA) is 197 Å². The second-order valence-corrected chi connectivity index (χ2v) is 20.0. The molecular weight excluding hydrogens is 903 g/mol. The van der Waals surface area contributed by atoms with Crippen LogP contribution in [0.5, 0.6) is 0 Å². The minimum Gasteiger partial charge on any atom is -0.465 e. The number of unbranched alkanes of at least 4 members (excludes halogenated alkanes) is 16. The van der Waals surface area contributed by atoms with Crippen LogP contribution in [0, 0.1) is 17.3 Å². The molecule has 0 aromatic rings. The van der Waals surface area contributed by atoms with E-state index in [1.54, 1.807) is 0 Å².